The Morgan fingerprint density at radius 1 is 0.417 bits per heavy atom. The molecule has 0 atom stereocenters. The molecule has 1 aliphatic heterocycles. The number of furan rings is 2. The third-order valence-electron chi connectivity index (χ3n) is 9.29. The van der Waals surface area contributed by atoms with Crippen LogP contribution < -0.4 is 5.32 Å². The van der Waals surface area contributed by atoms with E-state index in [1.807, 2.05) is 54.6 Å². The first-order valence-electron chi connectivity index (χ1n) is 16.1. The summed E-state index contributed by atoms with van der Waals surface area (Å²) in [6, 6.07) is 52.2. The molecule has 5 nitrogen and oxygen atoms in total. The van der Waals surface area contributed by atoms with Crippen LogP contribution in [0.5, 0.6) is 0 Å². The van der Waals surface area contributed by atoms with Crippen LogP contribution in [0.2, 0.25) is 0 Å². The van der Waals surface area contributed by atoms with Gasteiger partial charge in [0, 0.05) is 38.2 Å². The summed E-state index contributed by atoms with van der Waals surface area (Å²) in [5.41, 5.74) is 8.37. The Balaban J connectivity index is 1.24. The van der Waals surface area contributed by atoms with Gasteiger partial charge in [0.1, 0.15) is 34.0 Å². The average molecular weight is 618 g/mol. The summed E-state index contributed by atoms with van der Waals surface area (Å²) >= 11 is 0. The first kappa shape index (κ1) is 26.7. The van der Waals surface area contributed by atoms with Crippen molar-refractivity contribution in [2.75, 3.05) is 0 Å². The van der Waals surface area contributed by atoms with Crippen LogP contribution >= 0.6 is 0 Å². The van der Waals surface area contributed by atoms with Gasteiger partial charge in [-0.3, -0.25) is 0 Å². The molecule has 7 aromatic carbocycles. The Morgan fingerprint density at radius 3 is 1.75 bits per heavy atom. The van der Waals surface area contributed by atoms with Gasteiger partial charge in [0.25, 0.3) is 0 Å². The number of fused-ring (bicyclic) bond motifs is 7. The molecule has 5 heteroatoms. The molecule has 9 aromatic rings. The lowest BCUT2D eigenvalue weighted by Crippen LogP contribution is -2.36. The average Bonchev–Trinajstić information content (AvgIpc) is 3.71. The summed E-state index contributed by atoms with van der Waals surface area (Å²) in [5, 5.41) is 10.1. The molecule has 0 radical (unpaired) electrons. The molecule has 226 valence electrons. The highest BCUT2D eigenvalue weighted by Crippen LogP contribution is 2.42. The van der Waals surface area contributed by atoms with Crippen LogP contribution in [-0.2, 0) is 0 Å². The van der Waals surface area contributed by atoms with Crippen molar-refractivity contribution in [1.29, 1.82) is 0 Å². The van der Waals surface area contributed by atoms with Gasteiger partial charge in [0.2, 0.25) is 0 Å². The van der Waals surface area contributed by atoms with Gasteiger partial charge in [0.05, 0.1) is 0 Å². The summed E-state index contributed by atoms with van der Waals surface area (Å²) in [6.07, 6.45) is -0.527. The Labute approximate surface area is 275 Å². The number of benzene rings is 7. The summed E-state index contributed by atoms with van der Waals surface area (Å²) in [4.78, 5) is 10.5. The molecule has 0 saturated heterocycles. The fraction of sp³-hybridized carbons (Fsp3) is 0.0233. The smallest absolute Gasteiger partial charge is 0.170 e. The van der Waals surface area contributed by atoms with Gasteiger partial charge in [-0.1, -0.05) is 109 Å². The van der Waals surface area contributed by atoms with Crippen LogP contribution in [0.4, 0.5) is 0 Å². The van der Waals surface area contributed by atoms with Crippen LogP contribution in [0, 0.1) is 0 Å². The number of rotatable bonds is 4. The summed E-state index contributed by atoms with van der Waals surface area (Å²) in [7, 11) is 0. The molecule has 1 N–H and O–H groups in total. The Kier molecular flexibility index (Phi) is 5.87. The minimum atomic E-state index is -0.527. The Bertz CT molecular complexity index is 2700. The highest BCUT2D eigenvalue weighted by atomic mass is 16.3. The number of hydrogen-bond donors (Lipinski definition) is 1. The lowest BCUT2D eigenvalue weighted by atomic mass is 9.95. The van der Waals surface area contributed by atoms with E-state index in [2.05, 4.69) is 102 Å². The van der Waals surface area contributed by atoms with Gasteiger partial charge in [-0.25, -0.2) is 9.98 Å². The van der Waals surface area contributed by atoms with Crippen molar-refractivity contribution in [3.8, 4) is 11.1 Å². The molecule has 0 spiro atoms. The first-order valence-corrected chi connectivity index (χ1v) is 16.1. The number of amidine groups is 2. The molecule has 2 aromatic heterocycles. The van der Waals surface area contributed by atoms with Crippen LogP contribution in [0.15, 0.2) is 170 Å². The first-order chi connectivity index (χ1) is 23.7. The molecule has 0 unspecified atom stereocenters. The normalized spacial score (nSPS) is 13.8. The Morgan fingerprint density at radius 2 is 1.00 bits per heavy atom. The number of nitrogens with zero attached hydrogens (tertiary/aromatic N) is 2. The third-order valence-corrected chi connectivity index (χ3v) is 9.29. The van der Waals surface area contributed by atoms with E-state index in [1.54, 1.807) is 0 Å². The summed E-state index contributed by atoms with van der Waals surface area (Å²) in [5.74, 6) is 1.55. The minimum Gasteiger partial charge on any atom is -0.456 e. The fourth-order valence-electron chi connectivity index (χ4n) is 6.97. The zero-order valence-electron chi connectivity index (χ0n) is 25.7. The summed E-state index contributed by atoms with van der Waals surface area (Å²) < 4.78 is 13.0. The predicted octanol–water partition coefficient (Wildman–Crippen LogP) is 10.8. The molecule has 0 saturated carbocycles. The van der Waals surface area contributed by atoms with E-state index >= 15 is 0 Å². The molecule has 0 fully saturated rings. The van der Waals surface area contributed by atoms with Gasteiger partial charge in [-0.05, 0) is 64.4 Å². The molecule has 1 aliphatic rings. The lowest BCUT2D eigenvalue weighted by Gasteiger charge is -2.23. The summed E-state index contributed by atoms with van der Waals surface area (Å²) in [6.45, 7) is 0. The van der Waals surface area contributed by atoms with Crippen molar-refractivity contribution in [3.05, 3.63) is 168 Å². The van der Waals surface area contributed by atoms with Crippen LogP contribution in [0.3, 0.4) is 0 Å². The van der Waals surface area contributed by atoms with Crippen molar-refractivity contribution >= 4 is 66.3 Å². The Hall–Kier alpha value is -6.46. The lowest BCUT2D eigenvalue weighted by molar-refractivity contribution is 0.667. The van der Waals surface area contributed by atoms with E-state index in [4.69, 9.17) is 18.8 Å². The quantitative estimate of drug-likeness (QED) is 0.214. The molecule has 10 rings (SSSR count). The van der Waals surface area contributed by atoms with E-state index in [1.165, 1.54) is 0 Å². The number of nitrogens with one attached hydrogen (secondary N) is 1. The maximum atomic E-state index is 6.68. The van der Waals surface area contributed by atoms with Crippen molar-refractivity contribution in [3.63, 3.8) is 0 Å². The van der Waals surface area contributed by atoms with Crippen LogP contribution in [0.1, 0.15) is 22.9 Å². The maximum absolute atomic E-state index is 6.68. The van der Waals surface area contributed by atoms with E-state index < -0.39 is 6.17 Å². The van der Waals surface area contributed by atoms with Crippen LogP contribution in [-0.4, -0.2) is 11.7 Å². The van der Waals surface area contributed by atoms with E-state index in [9.17, 15) is 0 Å². The largest absolute Gasteiger partial charge is 0.456 e. The van der Waals surface area contributed by atoms with Crippen molar-refractivity contribution in [2.24, 2.45) is 9.98 Å². The van der Waals surface area contributed by atoms with Crippen molar-refractivity contribution < 1.29 is 8.83 Å². The molecule has 0 aliphatic carbocycles. The van der Waals surface area contributed by atoms with Gasteiger partial charge >= 0.3 is 0 Å². The third kappa shape index (κ3) is 4.32. The van der Waals surface area contributed by atoms with E-state index in [0.29, 0.717) is 0 Å². The number of para-hydroxylation sites is 1. The number of aliphatic imine (C=N–C) groups is 2. The highest BCUT2D eigenvalue weighted by Gasteiger charge is 2.25. The molecule has 48 heavy (non-hydrogen) atoms. The topological polar surface area (TPSA) is 63.0 Å². The van der Waals surface area contributed by atoms with Crippen LogP contribution in [0.25, 0.3) is 65.8 Å². The van der Waals surface area contributed by atoms with E-state index in [0.717, 1.165) is 94.1 Å². The molecular formula is C43H27N3O2. The van der Waals surface area contributed by atoms with Gasteiger partial charge in [0.15, 0.2) is 6.17 Å². The van der Waals surface area contributed by atoms with E-state index in [-0.39, 0.29) is 0 Å². The number of hydrogen-bond acceptors (Lipinski definition) is 5. The second-order valence-electron chi connectivity index (χ2n) is 12.2. The van der Waals surface area contributed by atoms with Crippen molar-refractivity contribution in [1.82, 2.24) is 5.32 Å². The zero-order chi connectivity index (χ0) is 31.6. The fourth-order valence-corrected chi connectivity index (χ4v) is 6.97. The van der Waals surface area contributed by atoms with Gasteiger partial charge in [-0.2, -0.15) is 0 Å². The van der Waals surface area contributed by atoms with Gasteiger partial charge in [-0.15, -0.1) is 0 Å². The SMILES string of the molecule is c1ccc(C2=NC(c3cc(-c4ccc5c(c4)oc4ccccc45)cc4oc5cc6ccccc6cc5c34)N=C(c3ccccc3)N2)cc1. The maximum Gasteiger partial charge on any atom is 0.170 e. The second kappa shape index (κ2) is 10.5. The minimum absolute atomic E-state index is 0.527. The van der Waals surface area contributed by atoms with Gasteiger partial charge < -0.3 is 14.2 Å². The predicted molar refractivity (Wildman–Crippen MR) is 196 cm³/mol. The standard InChI is InChI=1S/C43H27N3O2/c1-3-11-26(12-4-1)41-44-42(27-13-5-2-6-14-27)46-43(45-41)35-22-31(30-19-20-33-32-17-9-10-18-36(32)47-37(33)24-30)25-39-40(35)34-21-28-15-7-8-16-29(28)23-38(34)48-39/h1-25,43H,(H,44,45,46). The second-order valence-corrected chi connectivity index (χ2v) is 12.2. The highest BCUT2D eigenvalue weighted by molar-refractivity contribution is 6.17. The van der Waals surface area contributed by atoms with Crippen molar-refractivity contribution in [2.45, 2.75) is 6.17 Å². The monoisotopic (exact) mass is 617 g/mol. The molecular weight excluding hydrogens is 590 g/mol. The molecule has 3 heterocycles. The zero-order valence-corrected chi connectivity index (χ0v) is 25.7. The molecule has 0 bridgehead atoms. The molecule has 0 amide bonds.